The third-order valence-electron chi connectivity index (χ3n) is 2.78. The summed E-state index contributed by atoms with van der Waals surface area (Å²) in [5, 5.41) is 0. The van der Waals surface area contributed by atoms with E-state index < -0.39 is 12.3 Å². The zero-order chi connectivity index (χ0) is 14.0. The van der Waals surface area contributed by atoms with Crippen LogP contribution in [-0.2, 0) is 14.2 Å². The van der Waals surface area contributed by atoms with Gasteiger partial charge in [-0.25, -0.2) is 4.79 Å². The van der Waals surface area contributed by atoms with Crippen molar-refractivity contribution in [2.45, 2.75) is 33.4 Å². The third-order valence-corrected chi connectivity index (χ3v) is 2.78. The maximum Gasteiger partial charge on any atom is 0.338 e. The van der Waals surface area contributed by atoms with Crippen LogP contribution in [-0.4, -0.2) is 24.6 Å². The van der Waals surface area contributed by atoms with Crippen LogP contribution in [0.2, 0.25) is 0 Å². The Morgan fingerprint density at radius 2 is 1.84 bits per heavy atom. The molecule has 0 amide bonds. The van der Waals surface area contributed by atoms with Crippen LogP contribution in [0, 0.1) is 0 Å². The average Bonchev–Trinajstić information content (AvgIpc) is 2.34. The van der Waals surface area contributed by atoms with Crippen LogP contribution < -0.4 is 0 Å². The summed E-state index contributed by atoms with van der Waals surface area (Å²) in [5.41, 5.74) is 1.41. The van der Waals surface area contributed by atoms with Crippen molar-refractivity contribution in [1.29, 1.82) is 0 Å². The Morgan fingerprint density at radius 3 is 2.37 bits per heavy atom. The van der Waals surface area contributed by atoms with Crippen LogP contribution in [0.1, 0.15) is 53.3 Å². The summed E-state index contributed by atoms with van der Waals surface area (Å²) in [6.45, 7) is 5.23. The lowest BCUT2D eigenvalue weighted by Crippen LogP contribution is -2.31. The Morgan fingerprint density at radius 1 is 1.21 bits per heavy atom. The fourth-order valence-electron chi connectivity index (χ4n) is 1.84. The van der Waals surface area contributed by atoms with Crippen molar-refractivity contribution >= 4 is 11.8 Å². The molecule has 5 nitrogen and oxygen atoms in total. The molecule has 0 radical (unpaired) electrons. The van der Waals surface area contributed by atoms with Gasteiger partial charge in [-0.1, -0.05) is 0 Å². The summed E-state index contributed by atoms with van der Waals surface area (Å²) in [7, 11) is 0. The Labute approximate surface area is 111 Å². The number of hydrogen-bond donors (Lipinski definition) is 0. The molecule has 0 aromatic heterocycles. The Kier molecular flexibility index (Phi) is 3.97. The molecule has 0 unspecified atom stereocenters. The van der Waals surface area contributed by atoms with Crippen LogP contribution in [0.4, 0.5) is 0 Å². The maximum absolute atomic E-state index is 11.7. The molecule has 19 heavy (non-hydrogen) atoms. The van der Waals surface area contributed by atoms with E-state index in [4.69, 9.17) is 14.2 Å². The molecule has 2 rings (SSSR count). The van der Waals surface area contributed by atoms with E-state index in [1.54, 1.807) is 26.0 Å². The number of carbonyl (C=O) groups is 2. The minimum absolute atomic E-state index is 0.125. The molecule has 0 saturated carbocycles. The fraction of sp³-hybridized carbons (Fsp3) is 0.429. The first-order valence-corrected chi connectivity index (χ1v) is 6.15. The topological polar surface area (TPSA) is 61.8 Å². The lowest BCUT2D eigenvalue weighted by Gasteiger charge is -2.34. The molecule has 1 heterocycles. The van der Waals surface area contributed by atoms with E-state index in [9.17, 15) is 9.59 Å². The van der Waals surface area contributed by atoms with E-state index in [0.29, 0.717) is 16.7 Å². The Hall–Kier alpha value is -1.72. The first-order chi connectivity index (χ1) is 9.01. The normalized spacial score (nSPS) is 21.6. The van der Waals surface area contributed by atoms with Gasteiger partial charge in [-0.15, -0.1) is 0 Å². The number of ether oxygens (including phenoxy) is 3. The van der Waals surface area contributed by atoms with Crippen LogP contribution in [0.15, 0.2) is 18.2 Å². The predicted molar refractivity (Wildman–Crippen MR) is 66.8 cm³/mol. The number of Topliss-reactive ketones (excluding diaryl/α,β-unsaturated/α-hetero) is 1. The van der Waals surface area contributed by atoms with Crippen molar-refractivity contribution in [2.75, 3.05) is 6.61 Å². The van der Waals surface area contributed by atoms with Crippen LogP contribution in [0.5, 0.6) is 0 Å². The molecule has 0 bridgehead atoms. The molecular weight excluding hydrogens is 248 g/mol. The minimum Gasteiger partial charge on any atom is -0.462 e. The van der Waals surface area contributed by atoms with Crippen molar-refractivity contribution in [2.24, 2.45) is 0 Å². The van der Waals surface area contributed by atoms with Gasteiger partial charge in [-0.2, -0.15) is 0 Å². The number of hydrogen-bond acceptors (Lipinski definition) is 5. The van der Waals surface area contributed by atoms with Crippen LogP contribution in [0.3, 0.4) is 0 Å². The third kappa shape index (κ3) is 3.00. The molecule has 0 spiro atoms. The van der Waals surface area contributed by atoms with Crippen molar-refractivity contribution in [3.63, 3.8) is 0 Å². The van der Waals surface area contributed by atoms with Crippen molar-refractivity contribution < 1.29 is 23.8 Å². The number of benzene rings is 1. The summed E-state index contributed by atoms with van der Waals surface area (Å²) in [6.07, 6.45) is -0.792. The highest BCUT2D eigenvalue weighted by molar-refractivity contribution is 5.98. The second-order valence-electron chi connectivity index (χ2n) is 4.29. The molecule has 1 saturated heterocycles. The quantitative estimate of drug-likeness (QED) is 0.617. The smallest absolute Gasteiger partial charge is 0.338 e. The summed E-state index contributed by atoms with van der Waals surface area (Å²) in [4.78, 5) is 23.2. The molecule has 1 aromatic rings. The van der Waals surface area contributed by atoms with E-state index in [0.717, 1.165) is 0 Å². The summed E-state index contributed by atoms with van der Waals surface area (Å²) in [5.74, 6) is -0.584. The molecule has 0 atom stereocenters. The number of ketones is 1. The number of carbonyl (C=O) groups excluding carboxylic acids is 2. The SMILES string of the molecule is CCOC(=O)c1cc(C(C)=O)cc(C2OC(C)O2)c1. The highest BCUT2D eigenvalue weighted by Gasteiger charge is 2.29. The molecule has 1 aliphatic rings. The lowest BCUT2D eigenvalue weighted by atomic mass is 10.0. The average molecular weight is 264 g/mol. The van der Waals surface area contributed by atoms with Gasteiger partial charge in [0.25, 0.3) is 0 Å². The molecule has 0 N–H and O–H groups in total. The Bertz CT molecular complexity index is 503. The van der Waals surface area contributed by atoms with Gasteiger partial charge in [0.15, 0.2) is 18.4 Å². The summed E-state index contributed by atoms with van der Waals surface area (Å²) in [6, 6.07) is 4.81. The number of rotatable bonds is 4. The first-order valence-electron chi connectivity index (χ1n) is 6.15. The van der Waals surface area contributed by atoms with Crippen molar-refractivity contribution in [1.82, 2.24) is 0 Å². The zero-order valence-corrected chi connectivity index (χ0v) is 11.1. The largest absolute Gasteiger partial charge is 0.462 e. The van der Waals surface area contributed by atoms with Gasteiger partial charge in [0.1, 0.15) is 0 Å². The van der Waals surface area contributed by atoms with Gasteiger partial charge in [-0.05, 0) is 39.0 Å². The lowest BCUT2D eigenvalue weighted by molar-refractivity contribution is -0.382. The standard InChI is InChI=1S/C14H16O5/c1-4-17-13(16)11-5-10(8(2)15)6-12(7-11)14-18-9(3)19-14/h5-7,9,14H,4H2,1-3H3. The second-order valence-corrected chi connectivity index (χ2v) is 4.29. The number of esters is 1. The van der Waals surface area contributed by atoms with E-state index in [1.807, 2.05) is 0 Å². The van der Waals surface area contributed by atoms with Gasteiger partial charge < -0.3 is 14.2 Å². The second kappa shape index (κ2) is 5.50. The molecular formula is C14H16O5. The molecule has 5 heteroatoms. The van der Waals surface area contributed by atoms with E-state index in [2.05, 4.69) is 0 Å². The summed E-state index contributed by atoms with van der Waals surface area (Å²) >= 11 is 0. The van der Waals surface area contributed by atoms with Gasteiger partial charge in [0, 0.05) is 11.1 Å². The highest BCUT2D eigenvalue weighted by atomic mass is 16.9. The monoisotopic (exact) mass is 264 g/mol. The highest BCUT2D eigenvalue weighted by Crippen LogP contribution is 2.32. The molecule has 1 aromatic carbocycles. The minimum atomic E-state index is -0.525. The van der Waals surface area contributed by atoms with Gasteiger partial charge in [0.05, 0.1) is 12.2 Å². The summed E-state index contributed by atoms with van der Waals surface area (Å²) < 4.78 is 15.7. The maximum atomic E-state index is 11.7. The van der Waals surface area contributed by atoms with Crippen LogP contribution >= 0.6 is 0 Å². The molecule has 1 aliphatic heterocycles. The van der Waals surface area contributed by atoms with Gasteiger partial charge >= 0.3 is 5.97 Å². The van der Waals surface area contributed by atoms with E-state index in [-0.39, 0.29) is 18.7 Å². The van der Waals surface area contributed by atoms with E-state index in [1.165, 1.54) is 13.0 Å². The van der Waals surface area contributed by atoms with Crippen molar-refractivity contribution in [3.8, 4) is 0 Å². The fourth-order valence-corrected chi connectivity index (χ4v) is 1.84. The Balaban J connectivity index is 2.32. The first kappa shape index (κ1) is 13.7. The van der Waals surface area contributed by atoms with Crippen LogP contribution in [0.25, 0.3) is 0 Å². The van der Waals surface area contributed by atoms with Gasteiger partial charge in [-0.3, -0.25) is 4.79 Å². The molecule has 102 valence electrons. The van der Waals surface area contributed by atoms with E-state index >= 15 is 0 Å². The van der Waals surface area contributed by atoms with Gasteiger partial charge in [0.2, 0.25) is 0 Å². The zero-order valence-electron chi connectivity index (χ0n) is 11.1. The van der Waals surface area contributed by atoms with Crippen molar-refractivity contribution in [3.05, 3.63) is 34.9 Å². The predicted octanol–water partition coefficient (Wildman–Crippen LogP) is 2.46. The molecule has 0 aliphatic carbocycles. The molecule has 1 fully saturated rings.